The number of piperidine rings is 4. The molecule has 14 heteroatoms. The van der Waals surface area contributed by atoms with Crippen molar-refractivity contribution in [3.8, 4) is 22.6 Å². The highest BCUT2D eigenvalue weighted by Gasteiger charge is 2.45. The zero-order chi connectivity index (χ0) is 42.4. The summed E-state index contributed by atoms with van der Waals surface area (Å²) in [5.74, 6) is 1.78. The van der Waals surface area contributed by atoms with E-state index in [4.69, 9.17) is 9.47 Å². The standard InChI is InChI=1S/C47H55N7O7/c1-50-27-38(34-8-15-48-25-37(34)45(50)57)32-22-41(60-2)39(42(23-32)61-3)28-52-18-13-31(14-19-52)30-11-16-51(17-12-30)26-29-9-20-53(21-10-29)33-4-5-35-36(24-33)47(59)54(46(35)58)40-6-7-43(55)49-44(40)56/h4-5,8,15,22-25,27,29-31,40H,6-7,9-14,16-21,26,28H2,1-3H3,(H,49,55,56). The second-order valence-electron chi connectivity index (χ2n) is 17.6. The summed E-state index contributed by atoms with van der Waals surface area (Å²) in [6.07, 6.45) is 12.5. The highest BCUT2D eigenvalue weighted by atomic mass is 16.5. The van der Waals surface area contributed by atoms with Crippen molar-refractivity contribution in [2.24, 2.45) is 24.8 Å². The number of carbonyl (C=O) groups is 4. The molecule has 4 aromatic rings. The Morgan fingerprint density at radius 1 is 0.721 bits per heavy atom. The molecule has 1 N–H and O–H groups in total. The molecule has 0 bridgehead atoms. The number of nitrogens with zero attached hydrogens (tertiary/aromatic N) is 6. The van der Waals surface area contributed by atoms with Gasteiger partial charge in [0.1, 0.15) is 17.5 Å². The van der Waals surface area contributed by atoms with Crippen LogP contribution >= 0.6 is 0 Å². The van der Waals surface area contributed by atoms with Crippen molar-refractivity contribution in [1.29, 1.82) is 0 Å². The molecule has 0 spiro atoms. The summed E-state index contributed by atoms with van der Waals surface area (Å²) in [5.41, 5.74) is 4.39. The van der Waals surface area contributed by atoms with Crippen LogP contribution in [0.25, 0.3) is 21.9 Å². The van der Waals surface area contributed by atoms with Crippen LogP contribution in [0.5, 0.6) is 11.5 Å². The van der Waals surface area contributed by atoms with Crippen molar-refractivity contribution in [2.75, 3.05) is 64.9 Å². The molecule has 2 aromatic carbocycles. The minimum atomic E-state index is -0.958. The van der Waals surface area contributed by atoms with E-state index in [-0.39, 0.29) is 24.3 Å². The van der Waals surface area contributed by atoms with Crippen molar-refractivity contribution < 1.29 is 28.7 Å². The van der Waals surface area contributed by atoms with E-state index in [9.17, 15) is 24.0 Å². The molecule has 1 unspecified atom stereocenters. The summed E-state index contributed by atoms with van der Waals surface area (Å²) >= 11 is 0. The largest absolute Gasteiger partial charge is 0.496 e. The van der Waals surface area contributed by atoms with Crippen LogP contribution in [0.2, 0.25) is 0 Å². The molecule has 4 saturated heterocycles. The summed E-state index contributed by atoms with van der Waals surface area (Å²) in [6, 6.07) is 10.5. The molecule has 320 valence electrons. The number of rotatable bonds is 10. The highest BCUT2D eigenvalue weighted by Crippen LogP contribution is 2.40. The number of benzene rings is 2. The van der Waals surface area contributed by atoms with Gasteiger partial charge in [-0.2, -0.15) is 0 Å². The minimum absolute atomic E-state index is 0.0787. The first-order chi connectivity index (χ1) is 29.6. The molecule has 7 heterocycles. The van der Waals surface area contributed by atoms with E-state index in [1.165, 1.54) is 25.7 Å². The maximum atomic E-state index is 13.4. The lowest BCUT2D eigenvalue weighted by molar-refractivity contribution is -0.136. The number of hydrogen-bond donors (Lipinski definition) is 1. The zero-order valence-corrected chi connectivity index (χ0v) is 35.4. The van der Waals surface area contributed by atoms with Crippen LogP contribution < -0.4 is 25.2 Å². The van der Waals surface area contributed by atoms with Crippen LogP contribution in [0.15, 0.2) is 59.8 Å². The normalized spacial score (nSPS) is 21.3. The Morgan fingerprint density at radius 2 is 1.38 bits per heavy atom. The van der Waals surface area contributed by atoms with Gasteiger partial charge in [0.2, 0.25) is 11.8 Å². The smallest absolute Gasteiger partial charge is 0.262 e. The van der Waals surface area contributed by atoms with Gasteiger partial charge < -0.3 is 23.8 Å². The van der Waals surface area contributed by atoms with Crippen LogP contribution in [0.3, 0.4) is 0 Å². The average molecular weight is 830 g/mol. The Bertz CT molecular complexity index is 2400. The number of nitrogens with one attached hydrogen (secondary N) is 1. The molecule has 0 saturated carbocycles. The van der Waals surface area contributed by atoms with Gasteiger partial charge in [0.05, 0.1) is 36.3 Å². The Labute approximate surface area is 355 Å². The Morgan fingerprint density at radius 3 is 2.03 bits per heavy atom. The van der Waals surface area contributed by atoms with Gasteiger partial charge in [0.15, 0.2) is 0 Å². The lowest BCUT2D eigenvalue weighted by Gasteiger charge is -2.42. The molecule has 1 atom stereocenters. The third-order valence-electron chi connectivity index (χ3n) is 14.1. The van der Waals surface area contributed by atoms with Crippen LogP contribution in [0.1, 0.15) is 77.6 Å². The number of aryl methyl sites for hydroxylation is 1. The Kier molecular flexibility index (Phi) is 11.4. The number of imide groups is 2. The van der Waals surface area contributed by atoms with Gasteiger partial charge in [0.25, 0.3) is 17.4 Å². The van der Waals surface area contributed by atoms with E-state index in [2.05, 4.69) is 37.1 Å². The molecule has 9 rings (SSSR count). The molecule has 4 amide bonds. The predicted octanol–water partition coefficient (Wildman–Crippen LogP) is 4.86. The van der Waals surface area contributed by atoms with Crippen molar-refractivity contribution in [3.05, 3.63) is 82.0 Å². The number of carbonyl (C=O) groups excluding carboxylic acids is 4. The van der Waals surface area contributed by atoms with Crippen LogP contribution in [0.4, 0.5) is 5.69 Å². The van der Waals surface area contributed by atoms with Gasteiger partial charge >= 0.3 is 0 Å². The molecular formula is C47H55N7O7. The monoisotopic (exact) mass is 829 g/mol. The summed E-state index contributed by atoms with van der Waals surface area (Å²) < 4.78 is 13.6. The molecule has 0 aliphatic carbocycles. The van der Waals surface area contributed by atoms with E-state index >= 15 is 0 Å². The van der Waals surface area contributed by atoms with Crippen molar-refractivity contribution in [1.82, 2.24) is 29.6 Å². The number of ether oxygens (including phenoxy) is 2. The number of pyridine rings is 2. The minimum Gasteiger partial charge on any atom is -0.496 e. The maximum Gasteiger partial charge on any atom is 0.262 e. The van der Waals surface area contributed by atoms with Crippen LogP contribution in [-0.2, 0) is 23.2 Å². The van der Waals surface area contributed by atoms with Crippen molar-refractivity contribution in [2.45, 2.75) is 64.0 Å². The molecule has 61 heavy (non-hydrogen) atoms. The third-order valence-corrected chi connectivity index (χ3v) is 14.1. The van der Waals surface area contributed by atoms with Gasteiger partial charge in [-0.1, -0.05) is 0 Å². The SMILES string of the molecule is COc1cc(-c2cn(C)c(=O)c3cnccc23)cc(OC)c1CN1CCC(C2CCN(CC3CCN(c4ccc5c(c4)C(=O)N(C4CCC(=O)NC4=O)C5=O)CC3)CC2)CC1. The first-order valence-electron chi connectivity index (χ1n) is 21.8. The first-order valence-corrected chi connectivity index (χ1v) is 21.8. The predicted molar refractivity (Wildman–Crippen MR) is 231 cm³/mol. The van der Waals surface area contributed by atoms with E-state index < -0.39 is 23.8 Å². The second kappa shape index (κ2) is 17.0. The van der Waals surface area contributed by atoms with E-state index in [1.54, 1.807) is 50.4 Å². The molecule has 4 fully saturated rings. The molecular weight excluding hydrogens is 775 g/mol. The fourth-order valence-electron chi connectivity index (χ4n) is 10.6. The van der Waals surface area contributed by atoms with Gasteiger partial charge in [-0.15, -0.1) is 0 Å². The lowest BCUT2D eigenvalue weighted by atomic mass is 9.78. The quantitative estimate of drug-likeness (QED) is 0.219. The Balaban J connectivity index is 0.744. The molecule has 0 radical (unpaired) electrons. The highest BCUT2D eigenvalue weighted by molar-refractivity contribution is 6.23. The second-order valence-corrected chi connectivity index (χ2v) is 17.6. The molecule has 5 aliphatic heterocycles. The number of amides is 4. The number of aromatic nitrogens is 2. The number of methoxy groups -OCH3 is 2. The fourth-order valence-corrected chi connectivity index (χ4v) is 10.6. The number of likely N-dealkylation sites (tertiary alicyclic amines) is 2. The summed E-state index contributed by atoms with van der Waals surface area (Å²) in [5, 5.41) is 3.69. The van der Waals surface area contributed by atoms with E-state index in [1.807, 2.05) is 18.3 Å². The van der Waals surface area contributed by atoms with Crippen molar-refractivity contribution in [3.63, 3.8) is 0 Å². The van der Waals surface area contributed by atoms with Gasteiger partial charge in [-0.3, -0.25) is 44.1 Å². The Hall–Kier alpha value is -5.60. The topological polar surface area (TPSA) is 147 Å². The average Bonchev–Trinajstić information content (AvgIpc) is 3.53. The lowest BCUT2D eigenvalue weighted by Crippen LogP contribution is -2.54. The fraction of sp³-hybridized carbons (Fsp3) is 0.489. The van der Waals surface area contributed by atoms with Crippen molar-refractivity contribution >= 4 is 40.1 Å². The van der Waals surface area contributed by atoms with E-state index in [0.29, 0.717) is 22.4 Å². The summed E-state index contributed by atoms with van der Waals surface area (Å²) in [4.78, 5) is 76.2. The van der Waals surface area contributed by atoms with Crippen LogP contribution in [-0.4, -0.2) is 114 Å². The summed E-state index contributed by atoms with van der Waals surface area (Å²) in [6.45, 7) is 8.05. The zero-order valence-electron chi connectivity index (χ0n) is 35.4. The molecule has 5 aliphatic rings. The molecule has 14 nitrogen and oxygen atoms in total. The molecule has 2 aromatic heterocycles. The first kappa shape index (κ1) is 40.8. The van der Waals surface area contributed by atoms with Gasteiger partial charge in [-0.05, 0) is 136 Å². The maximum absolute atomic E-state index is 13.4. The summed E-state index contributed by atoms with van der Waals surface area (Å²) in [7, 11) is 5.18. The third kappa shape index (κ3) is 7.91. The van der Waals surface area contributed by atoms with Gasteiger partial charge in [0, 0.05) is 69.5 Å². The van der Waals surface area contributed by atoms with Crippen LogP contribution in [0, 0.1) is 17.8 Å². The van der Waals surface area contributed by atoms with E-state index in [0.717, 1.165) is 121 Å². The number of anilines is 1. The van der Waals surface area contributed by atoms with Gasteiger partial charge in [-0.25, -0.2) is 0 Å². The number of fused-ring (bicyclic) bond motifs is 2. The number of hydrogen-bond acceptors (Lipinski definition) is 11.